The zero-order valence-corrected chi connectivity index (χ0v) is 15.7. The predicted molar refractivity (Wildman–Crippen MR) is 105 cm³/mol. The molecule has 142 valence electrons. The number of aryl methyl sites for hydroxylation is 1. The fourth-order valence-electron chi connectivity index (χ4n) is 4.18. The second-order valence-corrected chi connectivity index (χ2v) is 7.43. The Bertz CT molecular complexity index is 921. The zero-order chi connectivity index (χ0) is 18.9. The third-order valence-electron chi connectivity index (χ3n) is 5.70. The summed E-state index contributed by atoms with van der Waals surface area (Å²) < 4.78 is 15.5. The van der Waals surface area contributed by atoms with Crippen molar-refractivity contribution < 1.29 is 9.50 Å². The van der Waals surface area contributed by atoms with Crippen molar-refractivity contribution in [1.29, 1.82) is 0 Å². The van der Waals surface area contributed by atoms with Crippen LogP contribution in [0.3, 0.4) is 0 Å². The van der Waals surface area contributed by atoms with Gasteiger partial charge in [0.1, 0.15) is 11.6 Å². The van der Waals surface area contributed by atoms with Crippen molar-refractivity contribution in [3.05, 3.63) is 65.7 Å². The smallest absolute Gasteiger partial charge is 0.124 e. The van der Waals surface area contributed by atoms with E-state index in [2.05, 4.69) is 34.6 Å². The average molecular weight is 367 g/mol. The number of para-hydroxylation sites is 2. The van der Waals surface area contributed by atoms with E-state index < -0.39 is 5.60 Å². The van der Waals surface area contributed by atoms with E-state index in [-0.39, 0.29) is 5.82 Å². The van der Waals surface area contributed by atoms with Crippen molar-refractivity contribution in [1.82, 2.24) is 14.5 Å². The normalized spacial score (nSPS) is 21.4. The Kier molecular flexibility index (Phi) is 4.98. The number of benzene rings is 2. The van der Waals surface area contributed by atoms with E-state index in [4.69, 9.17) is 4.98 Å². The second kappa shape index (κ2) is 7.41. The first-order chi connectivity index (χ1) is 13.1. The largest absolute Gasteiger partial charge is 0.385 e. The van der Waals surface area contributed by atoms with Crippen LogP contribution in [0.4, 0.5) is 4.39 Å². The summed E-state index contributed by atoms with van der Waals surface area (Å²) in [6.45, 7) is 5.54. The number of fused-ring (bicyclic) bond motifs is 1. The van der Waals surface area contributed by atoms with Crippen LogP contribution in [0.2, 0.25) is 0 Å². The van der Waals surface area contributed by atoms with Gasteiger partial charge in [-0.3, -0.25) is 4.90 Å². The molecule has 0 amide bonds. The van der Waals surface area contributed by atoms with Gasteiger partial charge in [-0.05, 0) is 62.6 Å². The summed E-state index contributed by atoms with van der Waals surface area (Å²) >= 11 is 0. The molecule has 1 saturated heterocycles. The molecule has 0 bridgehead atoms. The monoisotopic (exact) mass is 367 g/mol. The lowest BCUT2D eigenvalue weighted by Gasteiger charge is -2.27. The Balaban J connectivity index is 1.51. The molecule has 1 unspecified atom stereocenters. The third kappa shape index (κ3) is 3.62. The van der Waals surface area contributed by atoms with Gasteiger partial charge in [-0.1, -0.05) is 24.3 Å². The van der Waals surface area contributed by atoms with Gasteiger partial charge in [-0.15, -0.1) is 0 Å². The van der Waals surface area contributed by atoms with Crippen molar-refractivity contribution >= 4 is 11.0 Å². The fourth-order valence-corrected chi connectivity index (χ4v) is 4.18. The molecular weight excluding hydrogens is 341 g/mol. The van der Waals surface area contributed by atoms with Gasteiger partial charge < -0.3 is 9.67 Å². The van der Waals surface area contributed by atoms with Crippen LogP contribution in [0, 0.1) is 5.82 Å². The number of rotatable bonds is 4. The van der Waals surface area contributed by atoms with Gasteiger partial charge in [0.15, 0.2) is 0 Å². The summed E-state index contributed by atoms with van der Waals surface area (Å²) in [5.74, 6) is 0.807. The van der Waals surface area contributed by atoms with E-state index in [1.165, 1.54) is 17.6 Å². The van der Waals surface area contributed by atoms with Crippen LogP contribution < -0.4 is 0 Å². The summed E-state index contributed by atoms with van der Waals surface area (Å²) in [4.78, 5) is 7.20. The van der Waals surface area contributed by atoms with E-state index >= 15 is 0 Å². The number of nitrogens with zero attached hydrogens (tertiary/aromatic N) is 3. The van der Waals surface area contributed by atoms with Gasteiger partial charge in [0.25, 0.3) is 0 Å². The molecule has 2 heterocycles. The molecule has 2 aromatic carbocycles. The van der Waals surface area contributed by atoms with Crippen LogP contribution in [0.15, 0.2) is 48.5 Å². The number of aliphatic hydroxyl groups is 1. The molecule has 4 nitrogen and oxygen atoms in total. The highest BCUT2D eigenvalue weighted by molar-refractivity contribution is 5.75. The van der Waals surface area contributed by atoms with Gasteiger partial charge in [-0.2, -0.15) is 0 Å². The predicted octanol–water partition coefficient (Wildman–Crippen LogP) is 4.07. The van der Waals surface area contributed by atoms with E-state index in [1.54, 1.807) is 12.1 Å². The summed E-state index contributed by atoms with van der Waals surface area (Å²) in [6, 6.07) is 14.5. The summed E-state index contributed by atoms with van der Waals surface area (Å²) in [5.41, 5.74) is 2.14. The first kappa shape index (κ1) is 18.1. The highest BCUT2D eigenvalue weighted by Gasteiger charge is 2.32. The first-order valence-corrected chi connectivity index (χ1v) is 9.74. The molecule has 1 N–H and O–H groups in total. The van der Waals surface area contributed by atoms with Crippen LogP contribution >= 0.6 is 0 Å². The SMILES string of the molecule is CCn1c(CN2CCCC(O)(c3ccc(F)cc3)CC2)nc2ccccc21. The van der Waals surface area contributed by atoms with E-state index in [0.29, 0.717) is 12.8 Å². The van der Waals surface area contributed by atoms with Crippen molar-refractivity contribution in [3.8, 4) is 0 Å². The number of aromatic nitrogens is 2. The molecule has 5 heteroatoms. The molecule has 4 rings (SSSR count). The van der Waals surface area contributed by atoms with Crippen LogP contribution in [0.25, 0.3) is 11.0 Å². The Hall–Kier alpha value is -2.24. The quantitative estimate of drug-likeness (QED) is 0.756. The average Bonchev–Trinajstić information content (AvgIpc) is 2.91. The molecule has 0 spiro atoms. The maximum Gasteiger partial charge on any atom is 0.124 e. The van der Waals surface area contributed by atoms with Crippen molar-refractivity contribution in [3.63, 3.8) is 0 Å². The summed E-state index contributed by atoms with van der Waals surface area (Å²) in [6.07, 6.45) is 2.24. The maximum absolute atomic E-state index is 13.2. The molecule has 0 radical (unpaired) electrons. The summed E-state index contributed by atoms with van der Waals surface area (Å²) in [5, 5.41) is 11.1. The molecule has 1 fully saturated rings. The fraction of sp³-hybridized carbons (Fsp3) is 0.409. The summed E-state index contributed by atoms with van der Waals surface area (Å²) in [7, 11) is 0. The molecule has 1 aliphatic rings. The third-order valence-corrected chi connectivity index (χ3v) is 5.70. The lowest BCUT2D eigenvalue weighted by Crippen LogP contribution is -2.29. The van der Waals surface area contributed by atoms with Crippen molar-refractivity contribution in [2.24, 2.45) is 0 Å². The minimum atomic E-state index is -0.882. The molecule has 27 heavy (non-hydrogen) atoms. The van der Waals surface area contributed by atoms with Gasteiger partial charge >= 0.3 is 0 Å². The van der Waals surface area contributed by atoms with Gasteiger partial charge in [0, 0.05) is 13.1 Å². The van der Waals surface area contributed by atoms with Crippen LogP contribution in [0.1, 0.15) is 37.6 Å². The molecule has 3 aromatic rings. The molecular formula is C22H26FN3O. The van der Waals surface area contributed by atoms with Crippen LogP contribution in [-0.4, -0.2) is 32.6 Å². The number of likely N-dealkylation sites (tertiary alicyclic amines) is 1. The van der Waals surface area contributed by atoms with Crippen molar-refractivity contribution in [2.75, 3.05) is 13.1 Å². The lowest BCUT2D eigenvalue weighted by molar-refractivity contribution is 0.0208. The lowest BCUT2D eigenvalue weighted by atomic mass is 9.87. The first-order valence-electron chi connectivity index (χ1n) is 9.74. The van der Waals surface area contributed by atoms with Crippen molar-refractivity contribution in [2.45, 2.75) is 44.9 Å². The molecule has 1 atom stereocenters. The Morgan fingerprint density at radius 1 is 1.07 bits per heavy atom. The van der Waals surface area contributed by atoms with E-state index in [0.717, 1.165) is 49.5 Å². The molecule has 1 aliphatic heterocycles. The standard InChI is InChI=1S/C22H26FN3O/c1-2-26-20-7-4-3-6-19(20)24-21(26)16-25-14-5-12-22(27,13-15-25)17-8-10-18(23)11-9-17/h3-4,6-11,27H,2,5,12-16H2,1H3. The minimum absolute atomic E-state index is 0.268. The van der Waals surface area contributed by atoms with Gasteiger partial charge in [-0.25, -0.2) is 9.37 Å². The number of hydrogen-bond acceptors (Lipinski definition) is 3. The minimum Gasteiger partial charge on any atom is -0.385 e. The highest BCUT2D eigenvalue weighted by Crippen LogP contribution is 2.33. The van der Waals surface area contributed by atoms with E-state index in [1.807, 2.05) is 6.07 Å². The topological polar surface area (TPSA) is 41.3 Å². The Morgan fingerprint density at radius 2 is 1.85 bits per heavy atom. The Morgan fingerprint density at radius 3 is 2.63 bits per heavy atom. The number of hydrogen-bond donors (Lipinski definition) is 1. The van der Waals surface area contributed by atoms with Crippen LogP contribution in [0.5, 0.6) is 0 Å². The molecule has 0 saturated carbocycles. The number of halogens is 1. The Labute approximate surface area is 159 Å². The van der Waals surface area contributed by atoms with Gasteiger partial charge in [0.2, 0.25) is 0 Å². The number of imidazole rings is 1. The maximum atomic E-state index is 13.2. The second-order valence-electron chi connectivity index (χ2n) is 7.43. The van der Waals surface area contributed by atoms with Gasteiger partial charge in [0.05, 0.1) is 23.2 Å². The van der Waals surface area contributed by atoms with Crippen LogP contribution in [-0.2, 0) is 18.7 Å². The molecule has 1 aromatic heterocycles. The zero-order valence-electron chi connectivity index (χ0n) is 15.7. The molecule has 0 aliphatic carbocycles. The highest BCUT2D eigenvalue weighted by atomic mass is 19.1. The van der Waals surface area contributed by atoms with E-state index in [9.17, 15) is 9.50 Å².